The van der Waals surface area contributed by atoms with Crippen LogP contribution in [-0.2, 0) is 14.6 Å². The lowest BCUT2D eigenvalue weighted by Crippen LogP contribution is -2.32. The molecule has 8 heteroatoms. The van der Waals surface area contributed by atoms with Crippen molar-refractivity contribution in [2.75, 3.05) is 11.9 Å². The molecule has 1 aromatic carbocycles. The van der Waals surface area contributed by atoms with Gasteiger partial charge in [0.1, 0.15) is 11.0 Å². The predicted octanol–water partition coefficient (Wildman–Crippen LogP) is 2.18. The molecule has 2 aromatic rings. The maximum atomic E-state index is 12.5. The summed E-state index contributed by atoms with van der Waals surface area (Å²) in [7, 11) is -3.81. The number of hydrogen-bond acceptors (Lipinski definition) is 6. The minimum Gasteiger partial charge on any atom is -0.494 e. The number of ether oxygens (including phenoxy) is 1. The van der Waals surface area contributed by atoms with E-state index in [0.717, 1.165) is 0 Å². The maximum absolute atomic E-state index is 12.5. The van der Waals surface area contributed by atoms with Gasteiger partial charge in [0.25, 0.3) is 0 Å². The van der Waals surface area contributed by atoms with E-state index in [2.05, 4.69) is 10.5 Å². The highest BCUT2D eigenvalue weighted by Gasteiger charge is 2.30. The minimum atomic E-state index is -3.81. The molecule has 124 valence electrons. The number of amides is 1. The van der Waals surface area contributed by atoms with Crippen LogP contribution in [0.25, 0.3) is 0 Å². The summed E-state index contributed by atoms with van der Waals surface area (Å²) in [5.41, 5.74) is 0.585. The molecule has 0 bridgehead atoms. The molecule has 0 radical (unpaired) electrons. The van der Waals surface area contributed by atoms with Crippen LogP contribution >= 0.6 is 0 Å². The van der Waals surface area contributed by atoms with Crippen LogP contribution in [0, 0.1) is 6.92 Å². The zero-order chi connectivity index (χ0) is 17.0. The molecule has 1 aromatic heterocycles. The number of sulfone groups is 1. The number of nitrogens with one attached hydrogen (secondary N) is 1. The molecular formula is C15H18N2O5S. The van der Waals surface area contributed by atoms with Gasteiger partial charge in [0.05, 0.1) is 17.2 Å². The zero-order valence-corrected chi connectivity index (χ0v) is 13.9. The van der Waals surface area contributed by atoms with Crippen LogP contribution in [0.2, 0.25) is 0 Å². The van der Waals surface area contributed by atoms with Gasteiger partial charge in [-0.15, -0.1) is 0 Å². The number of rotatable bonds is 6. The van der Waals surface area contributed by atoms with E-state index in [1.54, 1.807) is 19.1 Å². The molecule has 23 heavy (non-hydrogen) atoms. The van der Waals surface area contributed by atoms with Gasteiger partial charge in [-0.25, -0.2) is 8.42 Å². The molecule has 1 heterocycles. The van der Waals surface area contributed by atoms with Crippen molar-refractivity contribution in [2.45, 2.75) is 30.9 Å². The second kappa shape index (κ2) is 6.82. The number of anilines is 1. The van der Waals surface area contributed by atoms with Gasteiger partial charge >= 0.3 is 0 Å². The lowest BCUT2D eigenvalue weighted by molar-refractivity contribution is -0.115. The summed E-state index contributed by atoms with van der Waals surface area (Å²) in [5, 5.41) is 4.75. The Morgan fingerprint density at radius 2 is 2.00 bits per heavy atom. The fraction of sp³-hybridized carbons (Fsp3) is 0.333. The molecule has 1 N–H and O–H groups in total. The highest BCUT2D eigenvalue weighted by Crippen LogP contribution is 2.21. The van der Waals surface area contributed by atoms with Crippen molar-refractivity contribution in [2.24, 2.45) is 0 Å². The molecule has 1 amide bonds. The average molecular weight is 338 g/mol. The zero-order valence-electron chi connectivity index (χ0n) is 13.1. The van der Waals surface area contributed by atoms with E-state index in [0.29, 0.717) is 18.1 Å². The first-order valence-electron chi connectivity index (χ1n) is 7.05. The van der Waals surface area contributed by atoms with Gasteiger partial charge in [-0.05, 0) is 45.0 Å². The quantitative estimate of drug-likeness (QED) is 0.867. The normalized spacial score (nSPS) is 12.7. The number of nitrogens with zero attached hydrogens (tertiary/aromatic N) is 1. The van der Waals surface area contributed by atoms with E-state index in [4.69, 9.17) is 9.26 Å². The largest absolute Gasteiger partial charge is 0.494 e. The first-order valence-corrected chi connectivity index (χ1v) is 8.60. The summed E-state index contributed by atoms with van der Waals surface area (Å²) in [6, 6.07) is 7.46. The van der Waals surface area contributed by atoms with Gasteiger partial charge in [0.2, 0.25) is 11.8 Å². The third-order valence-corrected chi connectivity index (χ3v) is 5.25. The number of hydrogen-bond donors (Lipinski definition) is 1. The molecule has 0 fully saturated rings. The molecule has 1 atom stereocenters. The summed E-state index contributed by atoms with van der Waals surface area (Å²) in [4.78, 5) is 12.2. The van der Waals surface area contributed by atoms with Crippen LogP contribution in [-0.4, -0.2) is 31.3 Å². The Balaban J connectivity index is 2.15. The number of aryl methyl sites for hydroxylation is 1. The molecule has 0 saturated carbocycles. The van der Waals surface area contributed by atoms with Crippen molar-refractivity contribution >= 4 is 21.6 Å². The maximum Gasteiger partial charge on any atom is 0.245 e. The van der Waals surface area contributed by atoms with Crippen LogP contribution in [0.1, 0.15) is 19.5 Å². The number of benzene rings is 1. The van der Waals surface area contributed by atoms with Gasteiger partial charge < -0.3 is 9.26 Å². The van der Waals surface area contributed by atoms with Gasteiger partial charge in [-0.3, -0.25) is 10.1 Å². The van der Waals surface area contributed by atoms with Crippen molar-refractivity contribution < 1.29 is 22.5 Å². The van der Waals surface area contributed by atoms with E-state index in [-0.39, 0.29) is 10.8 Å². The van der Waals surface area contributed by atoms with E-state index in [1.807, 2.05) is 6.92 Å². The summed E-state index contributed by atoms with van der Waals surface area (Å²) < 4.78 is 35.1. The van der Waals surface area contributed by atoms with Crippen LogP contribution in [0.15, 0.2) is 39.8 Å². The molecular weight excluding hydrogens is 320 g/mol. The van der Waals surface area contributed by atoms with Crippen LogP contribution < -0.4 is 10.1 Å². The first-order chi connectivity index (χ1) is 10.8. The molecule has 0 aliphatic heterocycles. The Hall–Kier alpha value is -2.35. The first kappa shape index (κ1) is 17.0. The Morgan fingerprint density at radius 3 is 2.52 bits per heavy atom. The topological polar surface area (TPSA) is 98.5 Å². The van der Waals surface area contributed by atoms with Crippen LogP contribution in [0.4, 0.5) is 5.88 Å². The fourth-order valence-electron chi connectivity index (χ4n) is 1.88. The summed E-state index contributed by atoms with van der Waals surface area (Å²) in [5.74, 6) is -0.00281. The standard InChI is InChI=1S/C15H18N2O5S/c1-4-21-12-5-7-13(8-6-12)23(19,20)11(3)15(18)16-14-9-10(2)17-22-14/h5-9,11H,4H2,1-3H3,(H,16,18)/t11-/m1/s1. The van der Waals surface area contributed by atoms with E-state index in [9.17, 15) is 13.2 Å². The molecule has 0 aliphatic carbocycles. The molecule has 2 rings (SSSR count). The SMILES string of the molecule is CCOc1ccc(S(=O)(=O)[C@H](C)C(=O)Nc2cc(C)no2)cc1. The smallest absolute Gasteiger partial charge is 0.245 e. The third kappa shape index (κ3) is 3.89. The van der Waals surface area contributed by atoms with Gasteiger partial charge in [-0.2, -0.15) is 0 Å². The number of aromatic nitrogens is 1. The lowest BCUT2D eigenvalue weighted by Gasteiger charge is -2.12. The van der Waals surface area contributed by atoms with Crippen LogP contribution in [0.5, 0.6) is 5.75 Å². The van der Waals surface area contributed by atoms with Gasteiger partial charge in [0, 0.05) is 6.07 Å². The van der Waals surface area contributed by atoms with Crippen molar-refractivity contribution in [1.82, 2.24) is 5.16 Å². The average Bonchev–Trinajstić information content (AvgIpc) is 2.92. The molecule has 0 spiro atoms. The second-order valence-corrected chi connectivity index (χ2v) is 7.18. The summed E-state index contributed by atoms with van der Waals surface area (Å²) in [6.07, 6.45) is 0. The van der Waals surface area contributed by atoms with Crippen molar-refractivity contribution in [3.05, 3.63) is 36.0 Å². The predicted molar refractivity (Wildman–Crippen MR) is 84.1 cm³/mol. The fourth-order valence-corrected chi connectivity index (χ4v) is 3.15. The lowest BCUT2D eigenvalue weighted by atomic mass is 10.3. The third-order valence-electron chi connectivity index (χ3n) is 3.17. The van der Waals surface area contributed by atoms with Gasteiger partial charge in [-0.1, -0.05) is 5.16 Å². The number of carbonyl (C=O) groups excluding carboxylic acids is 1. The Morgan fingerprint density at radius 1 is 1.35 bits per heavy atom. The number of carbonyl (C=O) groups is 1. The molecule has 7 nitrogen and oxygen atoms in total. The van der Waals surface area contributed by atoms with Crippen molar-refractivity contribution in [3.8, 4) is 5.75 Å². The van der Waals surface area contributed by atoms with E-state index in [1.165, 1.54) is 25.1 Å². The second-order valence-electron chi connectivity index (χ2n) is 4.91. The van der Waals surface area contributed by atoms with E-state index < -0.39 is 21.0 Å². The van der Waals surface area contributed by atoms with Crippen molar-refractivity contribution in [1.29, 1.82) is 0 Å². The minimum absolute atomic E-state index is 0.0531. The molecule has 0 saturated heterocycles. The molecule has 0 aliphatic rings. The molecule has 0 unspecified atom stereocenters. The Labute approximate surface area is 134 Å². The monoisotopic (exact) mass is 338 g/mol. The van der Waals surface area contributed by atoms with Crippen molar-refractivity contribution in [3.63, 3.8) is 0 Å². The van der Waals surface area contributed by atoms with Gasteiger partial charge in [0.15, 0.2) is 9.84 Å². The summed E-state index contributed by atoms with van der Waals surface area (Å²) in [6.45, 7) is 5.34. The highest BCUT2D eigenvalue weighted by molar-refractivity contribution is 7.92. The highest BCUT2D eigenvalue weighted by atomic mass is 32.2. The summed E-state index contributed by atoms with van der Waals surface area (Å²) >= 11 is 0. The Bertz CT molecular complexity index is 780. The van der Waals surface area contributed by atoms with Crippen LogP contribution in [0.3, 0.4) is 0 Å². The Kier molecular flexibility index (Phi) is 5.05. The van der Waals surface area contributed by atoms with E-state index >= 15 is 0 Å².